The summed E-state index contributed by atoms with van der Waals surface area (Å²) in [6.07, 6.45) is 4.59. The number of carboxylic acids is 1. The molecular weight excluding hydrogens is 230 g/mol. The zero-order valence-corrected chi connectivity index (χ0v) is 10.7. The highest BCUT2D eigenvalue weighted by Gasteiger charge is 2.20. The van der Waals surface area contributed by atoms with E-state index in [1.165, 1.54) is 6.42 Å². The van der Waals surface area contributed by atoms with E-state index in [1.54, 1.807) is 6.20 Å². The summed E-state index contributed by atoms with van der Waals surface area (Å²) in [7, 11) is 2.12. The Balaban J connectivity index is 2.04. The number of likely N-dealkylation sites (tertiary alicyclic amines) is 1. The van der Waals surface area contributed by atoms with Crippen LogP contribution in [0.4, 0.5) is 0 Å². The van der Waals surface area contributed by atoms with Crippen molar-refractivity contribution in [3.8, 4) is 0 Å². The van der Waals surface area contributed by atoms with Gasteiger partial charge < -0.3 is 10.0 Å². The highest BCUT2D eigenvalue weighted by atomic mass is 16.4. The lowest BCUT2D eigenvalue weighted by atomic mass is 9.95. The Labute approximate surface area is 107 Å². The lowest BCUT2D eigenvalue weighted by molar-refractivity contribution is -0.137. The predicted molar refractivity (Wildman–Crippen MR) is 67.5 cm³/mol. The van der Waals surface area contributed by atoms with Gasteiger partial charge in [-0.15, -0.1) is 0 Å². The van der Waals surface area contributed by atoms with Gasteiger partial charge in [0, 0.05) is 30.8 Å². The van der Waals surface area contributed by atoms with Crippen molar-refractivity contribution >= 4 is 5.97 Å². The van der Waals surface area contributed by atoms with E-state index in [9.17, 15) is 4.79 Å². The molecule has 0 spiro atoms. The van der Waals surface area contributed by atoms with Crippen molar-refractivity contribution in [3.05, 3.63) is 23.8 Å². The van der Waals surface area contributed by atoms with Crippen molar-refractivity contribution in [1.82, 2.24) is 14.9 Å². The van der Waals surface area contributed by atoms with E-state index in [1.807, 2.05) is 6.07 Å². The number of nitrogens with zero attached hydrogens (tertiary/aromatic N) is 3. The molecule has 1 aromatic heterocycles. The van der Waals surface area contributed by atoms with Gasteiger partial charge in [-0.05, 0) is 32.5 Å². The zero-order chi connectivity index (χ0) is 13.0. The van der Waals surface area contributed by atoms with Gasteiger partial charge in [-0.2, -0.15) is 0 Å². The van der Waals surface area contributed by atoms with Crippen LogP contribution in [0.5, 0.6) is 0 Å². The van der Waals surface area contributed by atoms with Gasteiger partial charge >= 0.3 is 5.97 Å². The second kappa shape index (κ2) is 5.91. The van der Waals surface area contributed by atoms with E-state index < -0.39 is 5.97 Å². The topological polar surface area (TPSA) is 66.3 Å². The Morgan fingerprint density at radius 2 is 2.44 bits per heavy atom. The average molecular weight is 249 g/mol. The van der Waals surface area contributed by atoms with Crippen LogP contribution in [-0.4, -0.2) is 46.1 Å². The maximum absolute atomic E-state index is 10.5. The molecular formula is C13H19N3O2. The summed E-state index contributed by atoms with van der Waals surface area (Å²) in [6, 6.07) is 1.95. The fourth-order valence-electron chi connectivity index (χ4n) is 2.39. The van der Waals surface area contributed by atoms with E-state index in [-0.39, 0.29) is 6.42 Å². The van der Waals surface area contributed by atoms with E-state index in [2.05, 4.69) is 21.9 Å². The van der Waals surface area contributed by atoms with Crippen LogP contribution < -0.4 is 0 Å². The summed E-state index contributed by atoms with van der Waals surface area (Å²) in [4.78, 5) is 21.5. The smallest absolute Gasteiger partial charge is 0.303 e. The number of rotatable bonds is 4. The Hall–Kier alpha value is -1.49. The molecule has 1 aliphatic heterocycles. The second-order valence-corrected chi connectivity index (χ2v) is 4.89. The molecule has 5 nitrogen and oxygen atoms in total. The van der Waals surface area contributed by atoms with Crippen molar-refractivity contribution in [2.45, 2.75) is 31.6 Å². The molecule has 5 heteroatoms. The number of aromatic nitrogens is 2. The molecule has 1 saturated heterocycles. The van der Waals surface area contributed by atoms with Crippen molar-refractivity contribution in [1.29, 1.82) is 0 Å². The van der Waals surface area contributed by atoms with E-state index in [0.717, 1.165) is 25.2 Å². The molecule has 1 atom stereocenters. The summed E-state index contributed by atoms with van der Waals surface area (Å²) < 4.78 is 0. The lowest BCUT2D eigenvalue weighted by Gasteiger charge is -2.29. The maximum Gasteiger partial charge on any atom is 0.303 e. The Morgan fingerprint density at radius 3 is 3.17 bits per heavy atom. The van der Waals surface area contributed by atoms with Gasteiger partial charge in [0.1, 0.15) is 5.82 Å². The number of likely N-dealkylation sites (N-methyl/N-ethyl adjacent to an activating group) is 1. The fourth-order valence-corrected chi connectivity index (χ4v) is 2.39. The average Bonchev–Trinajstić information content (AvgIpc) is 2.37. The van der Waals surface area contributed by atoms with Gasteiger partial charge in [0.2, 0.25) is 0 Å². The molecule has 1 N–H and O–H groups in total. The monoisotopic (exact) mass is 249 g/mol. The minimum absolute atomic E-state index is 0.0913. The highest BCUT2D eigenvalue weighted by molar-refractivity contribution is 5.66. The van der Waals surface area contributed by atoms with E-state index in [0.29, 0.717) is 18.2 Å². The number of hydrogen-bond acceptors (Lipinski definition) is 4. The molecule has 0 aliphatic carbocycles. The van der Waals surface area contributed by atoms with Crippen LogP contribution in [0.15, 0.2) is 12.3 Å². The molecule has 0 amide bonds. The molecule has 2 rings (SSSR count). The number of carboxylic acid groups (broad SMARTS) is 1. The van der Waals surface area contributed by atoms with Gasteiger partial charge in [0.15, 0.2) is 0 Å². The first kappa shape index (κ1) is 13.0. The number of piperidine rings is 1. The first-order valence-electron chi connectivity index (χ1n) is 6.37. The number of hydrogen-bond donors (Lipinski definition) is 1. The summed E-state index contributed by atoms with van der Waals surface area (Å²) in [5.74, 6) is 0.292. The standard InChI is InChI=1S/C13H19N3O2/c1-16-8-2-3-10(9-16)11-6-7-14-12(15-11)4-5-13(17)18/h6-7,10H,2-5,8-9H2,1H3,(H,17,18). The third kappa shape index (κ3) is 3.50. The van der Waals surface area contributed by atoms with Crippen molar-refractivity contribution in [2.24, 2.45) is 0 Å². The second-order valence-electron chi connectivity index (χ2n) is 4.89. The zero-order valence-electron chi connectivity index (χ0n) is 10.7. The maximum atomic E-state index is 10.5. The van der Waals surface area contributed by atoms with Crippen LogP contribution in [0.2, 0.25) is 0 Å². The third-order valence-corrected chi connectivity index (χ3v) is 3.33. The first-order chi connectivity index (χ1) is 8.65. The Kier molecular flexibility index (Phi) is 4.25. The normalized spacial score (nSPS) is 20.8. The van der Waals surface area contributed by atoms with Crippen LogP contribution in [0.3, 0.4) is 0 Å². The quantitative estimate of drug-likeness (QED) is 0.871. The van der Waals surface area contributed by atoms with E-state index >= 15 is 0 Å². The summed E-state index contributed by atoms with van der Waals surface area (Å²) >= 11 is 0. The molecule has 1 unspecified atom stereocenters. The molecule has 1 fully saturated rings. The van der Waals surface area contributed by atoms with Gasteiger partial charge in [0.05, 0.1) is 6.42 Å². The molecule has 0 radical (unpaired) electrons. The van der Waals surface area contributed by atoms with E-state index in [4.69, 9.17) is 5.11 Å². The van der Waals surface area contributed by atoms with Crippen LogP contribution in [0.25, 0.3) is 0 Å². The van der Waals surface area contributed by atoms with Crippen LogP contribution in [0, 0.1) is 0 Å². The SMILES string of the molecule is CN1CCCC(c2ccnc(CCC(=O)O)n2)C1. The van der Waals surface area contributed by atoms with Crippen LogP contribution >= 0.6 is 0 Å². The van der Waals surface area contributed by atoms with Gasteiger partial charge in [0.25, 0.3) is 0 Å². The van der Waals surface area contributed by atoms with Gasteiger partial charge in [-0.1, -0.05) is 0 Å². The fraction of sp³-hybridized carbons (Fsp3) is 0.615. The molecule has 98 valence electrons. The summed E-state index contributed by atoms with van der Waals surface area (Å²) in [6.45, 7) is 2.17. The number of aliphatic carboxylic acids is 1. The van der Waals surface area contributed by atoms with Crippen molar-refractivity contribution in [2.75, 3.05) is 20.1 Å². The minimum atomic E-state index is -0.804. The Morgan fingerprint density at radius 1 is 1.61 bits per heavy atom. The minimum Gasteiger partial charge on any atom is -0.481 e. The largest absolute Gasteiger partial charge is 0.481 e. The number of aryl methyl sites for hydroxylation is 1. The molecule has 0 aromatic carbocycles. The molecule has 2 heterocycles. The lowest BCUT2D eigenvalue weighted by Crippen LogP contribution is -2.31. The molecule has 1 aliphatic rings. The molecule has 1 aromatic rings. The summed E-state index contributed by atoms with van der Waals surface area (Å²) in [5.41, 5.74) is 1.05. The van der Waals surface area contributed by atoms with Gasteiger partial charge in [-0.25, -0.2) is 9.97 Å². The third-order valence-electron chi connectivity index (χ3n) is 3.33. The van der Waals surface area contributed by atoms with Gasteiger partial charge in [-0.3, -0.25) is 4.79 Å². The first-order valence-corrected chi connectivity index (χ1v) is 6.37. The Bertz CT molecular complexity index is 422. The summed E-state index contributed by atoms with van der Waals surface area (Å²) in [5, 5.41) is 8.67. The predicted octanol–water partition coefficient (Wildman–Crippen LogP) is 1.30. The molecule has 0 saturated carbocycles. The van der Waals surface area contributed by atoms with Crippen LogP contribution in [0.1, 0.15) is 36.7 Å². The highest BCUT2D eigenvalue weighted by Crippen LogP contribution is 2.24. The van der Waals surface area contributed by atoms with Crippen LogP contribution in [-0.2, 0) is 11.2 Å². The number of carbonyl (C=O) groups is 1. The van der Waals surface area contributed by atoms with Crippen molar-refractivity contribution in [3.63, 3.8) is 0 Å². The van der Waals surface area contributed by atoms with Crippen molar-refractivity contribution < 1.29 is 9.90 Å². The molecule has 18 heavy (non-hydrogen) atoms. The molecule has 0 bridgehead atoms.